The summed E-state index contributed by atoms with van der Waals surface area (Å²) >= 11 is 0. The van der Waals surface area contributed by atoms with Gasteiger partial charge in [-0.25, -0.2) is 14.1 Å². The van der Waals surface area contributed by atoms with Crippen LogP contribution in [0.2, 0.25) is 0 Å². The Balaban J connectivity index is 0. The van der Waals surface area contributed by atoms with Crippen LogP contribution in [0, 0.1) is 0 Å². The first-order valence-corrected chi connectivity index (χ1v) is 10.8. The lowest BCUT2D eigenvalue weighted by Gasteiger charge is -2.13. The van der Waals surface area contributed by atoms with E-state index in [2.05, 4.69) is 93.5 Å². The zero-order valence-corrected chi connectivity index (χ0v) is 20.4. The number of aryl methyl sites for hydroxylation is 1. The van der Waals surface area contributed by atoms with Crippen molar-refractivity contribution in [2.24, 2.45) is 7.05 Å². The second-order valence-corrected chi connectivity index (χ2v) is 7.36. The van der Waals surface area contributed by atoms with E-state index in [4.69, 9.17) is 0 Å². The summed E-state index contributed by atoms with van der Waals surface area (Å²) in [5.74, 6) is 3.69. The van der Waals surface area contributed by atoms with Gasteiger partial charge in [0.05, 0.1) is 19.0 Å². The highest BCUT2D eigenvalue weighted by Gasteiger charge is 2.19. The molecule has 0 aliphatic carbocycles. The molecule has 0 spiro atoms. The van der Waals surface area contributed by atoms with Crippen LogP contribution < -0.4 is 4.57 Å². The number of rotatable bonds is 4. The Morgan fingerprint density at radius 3 is 1.52 bits per heavy atom. The van der Waals surface area contributed by atoms with Gasteiger partial charge < -0.3 is 4.57 Å². The topological polar surface area (TPSA) is 26.6 Å². The third kappa shape index (κ3) is 8.77. The van der Waals surface area contributed by atoms with Crippen LogP contribution in [-0.2, 0) is 7.05 Å². The third-order valence-corrected chi connectivity index (χ3v) is 3.92. The van der Waals surface area contributed by atoms with Crippen molar-refractivity contribution in [3.05, 3.63) is 36.4 Å². The molecule has 0 saturated heterocycles. The molecule has 0 aromatic carbocycles. The standard InChI is InChI=1S/C10H19N2.C9H16N2.2C2H6/c1-8(2)10-11(5)6-7-12(10)9(3)4;1-7(2)9-10-5-6-11(9)8(3)4;2*1-2/h6-9H,1-5H3;5-8H,1-4H3;2*1-2H3/q+1;;;. The maximum absolute atomic E-state index is 4.30. The van der Waals surface area contributed by atoms with E-state index in [0.717, 1.165) is 0 Å². The molecule has 0 amide bonds. The minimum absolute atomic E-state index is 0.521. The number of imidazole rings is 2. The molecule has 0 atom stereocenters. The molecular weight excluding hydrogens is 332 g/mol. The Labute approximate surface area is 169 Å². The molecule has 0 N–H and O–H groups in total. The number of hydrogen-bond acceptors (Lipinski definition) is 1. The molecule has 0 aliphatic rings. The molecule has 4 heteroatoms. The quantitative estimate of drug-likeness (QED) is 0.546. The van der Waals surface area contributed by atoms with Crippen LogP contribution in [0.4, 0.5) is 0 Å². The number of hydrogen-bond donors (Lipinski definition) is 0. The Morgan fingerprint density at radius 2 is 1.22 bits per heavy atom. The Kier molecular flexibility index (Phi) is 14.8. The second kappa shape index (κ2) is 14.5. The van der Waals surface area contributed by atoms with Crippen molar-refractivity contribution >= 4 is 0 Å². The molecule has 27 heavy (non-hydrogen) atoms. The minimum Gasteiger partial charge on any atom is -0.332 e. The van der Waals surface area contributed by atoms with Crippen LogP contribution in [0.3, 0.4) is 0 Å². The SMILES string of the molecule is CC.CC.CC(C)c1n(C(C)C)cc[n+]1C.CC(C)c1nccn1C(C)C. The molecule has 0 unspecified atom stereocenters. The van der Waals surface area contributed by atoms with E-state index in [-0.39, 0.29) is 0 Å². The normalized spacial score (nSPS) is 10.3. The van der Waals surface area contributed by atoms with E-state index < -0.39 is 0 Å². The van der Waals surface area contributed by atoms with Crippen LogP contribution in [0.15, 0.2) is 24.8 Å². The fourth-order valence-corrected chi connectivity index (χ4v) is 2.86. The van der Waals surface area contributed by atoms with Crippen LogP contribution >= 0.6 is 0 Å². The maximum atomic E-state index is 4.30. The molecular formula is C23H47N4+. The summed E-state index contributed by atoms with van der Waals surface area (Å²) < 4.78 is 6.74. The Morgan fingerprint density at radius 1 is 0.741 bits per heavy atom. The Hall–Kier alpha value is -1.58. The first-order chi connectivity index (χ1) is 12.7. The van der Waals surface area contributed by atoms with Gasteiger partial charge in [-0.3, -0.25) is 0 Å². The first kappa shape index (κ1) is 27.6. The molecule has 2 aromatic heterocycles. The van der Waals surface area contributed by atoms with E-state index in [1.54, 1.807) is 0 Å². The van der Waals surface area contributed by atoms with E-state index in [1.807, 2.05) is 40.1 Å². The van der Waals surface area contributed by atoms with Crippen molar-refractivity contribution in [3.8, 4) is 0 Å². The molecule has 0 radical (unpaired) electrons. The summed E-state index contributed by atoms with van der Waals surface area (Å²) in [5, 5.41) is 0. The summed E-state index contributed by atoms with van der Waals surface area (Å²) in [5.41, 5.74) is 0. The van der Waals surface area contributed by atoms with Gasteiger partial charge >= 0.3 is 0 Å². The largest absolute Gasteiger partial charge is 0.332 e. The summed E-state index contributed by atoms with van der Waals surface area (Å²) in [6.45, 7) is 25.6. The maximum Gasteiger partial charge on any atom is 0.258 e. The predicted molar refractivity (Wildman–Crippen MR) is 119 cm³/mol. The van der Waals surface area contributed by atoms with E-state index >= 15 is 0 Å². The highest BCUT2D eigenvalue weighted by atomic mass is 15.2. The molecule has 4 nitrogen and oxygen atoms in total. The number of nitrogens with zero attached hydrogens (tertiary/aromatic N) is 4. The molecule has 2 heterocycles. The van der Waals surface area contributed by atoms with Crippen molar-refractivity contribution in [1.29, 1.82) is 0 Å². The molecule has 0 bridgehead atoms. The van der Waals surface area contributed by atoms with Crippen LogP contribution in [0.1, 0.15) is 119 Å². The highest BCUT2D eigenvalue weighted by molar-refractivity contribution is 4.98. The van der Waals surface area contributed by atoms with Crippen molar-refractivity contribution in [2.45, 2.75) is 107 Å². The van der Waals surface area contributed by atoms with Crippen molar-refractivity contribution in [1.82, 2.24) is 14.1 Å². The molecule has 0 aliphatic heterocycles. The summed E-state index contributed by atoms with van der Waals surface area (Å²) in [6.07, 6.45) is 8.19. The predicted octanol–water partition coefficient (Wildman–Crippen LogP) is 6.66. The molecule has 0 saturated carbocycles. The fourth-order valence-electron chi connectivity index (χ4n) is 2.86. The highest BCUT2D eigenvalue weighted by Crippen LogP contribution is 2.16. The van der Waals surface area contributed by atoms with Crippen LogP contribution in [-0.4, -0.2) is 14.1 Å². The van der Waals surface area contributed by atoms with Gasteiger partial charge in [-0.05, 0) is 27.7 Å². The zero-order chi connectivity index (χ0) is 21.7. The van der Waals surface area contributed by atoms with E-state index in [0.29, 0.717) is 23.9 Å². The molecule has 2 rings (SSSR count). The number of aromatic nitrogens is 4. The van der Waals surface area contributed by atoms with Gasteiger partial charge in [0.25, 0.3) is 5.82 Å². The van der Waals surface area contributed by atoms with Crippen LogP contribution in [0.5, 0.6) is 0 Å². The van der Waals surface area contributed by atoms with Gasteiger partial charge in [-0.2, -0.15) is 0 Å². The molecule has 158 valence electrons. The van der Waals surface area contributed by atoms with Crippen molar-refractivity contribution < 1.29 is 4.57 Å². The van der Waals surface area contributed by atoms with Gasteiger partial charge in [-0.15, -0.1) is 0 Å². The van der Waals surface area contributed by atoms with Crippen molar-refractivity contribution in [3.63, 3.8) is 0 Å². The lowest BCUT2D eigenvalue weighted by molar-refractivity contribution is -0.680. The van der Waals surface area contributed by atoms with E-state index in [1.165, 1.54) is 11.6 Å². The molecule has 2 aromatic rings. The van der Waals surface area contributed by atoms with Crippen molar-refractivity contribution in [2.75, 3.05) is 0 Å². The average Bonchev–Trinajstić information content (AvgIpc) is 3.25. The fraction of sp³-hybridized carbons (Fsp3) is 0.739. The summed E-state index contributed by atoms with van der Waals surface area (Å²) in [7, 11) is 2.11. The van der Waals surface area contributed by atoms with Gasteiger partial charge in [0.15, 0.2) is 0 Å². The minimum atomic E-state index is 0.521. The first-order valence-electron chi connectivity index (χ1n) is 10.8. The third-order valence-electron chi connectivity index (χ3n) is 3.92. The van der Waals surface area contributed by atoms with E-state index in [9.17, 15) is 0 Å². The second-order valence-electron chi connectivity index (χ2n) is 7.36. The van der Waals surface area contributed by atoms with Gasteiger partial charge in [0.2, 0.25) is 0 Å². The summed E-state index contributed by atoms with van der Waals surface area (Å²) in [6, 6.07) is 1.08. The van der Waals surface area contributed by atoms with Crippen LogP contribution in [0.25, 0.3) is 0 Å². The van der Waals surface area contributed by atoms with Gasteiger partial charge in [-0.1, -0.05) is 55.4 Å². The Bertz CT molecular complexity index is 567. The van der Waals surface area contributed by atoms with Gasteiger partial charge in [0.1, 0.15) is 18.2 Å². The summed E-state index contributed by atoms with van der Waals surface area (Å²) in [4.78, 5) is 4.30. The lowest BCUT2D eigenvalue weighted by atomic mass is 10.2. The zero-order valence-electron chi connectivity index (χ0n) is 20.4. The van der Waals surface area contributed by atoms with Gasteiger partial charge in [0, 0.05) is 24.4 Å². The smallest absolute Gasteiger partial charge is 0.258 e. The monoisotopic (exact) mass is 379 g/mol. The average molecular weight is 380 g/mol. The molecule has 0 fully saturated rings. The lowest BCUT2D eigenvalue weighted by Crippen LogP contribution is -2.33.